The van der Waals surface area contributed by atoms with Gasteiger partial charge in [0.15, 0.2) is 10.8 Å². The zero-order valence-corrected chi connectivity index (χ0v) is 16.1. The van der Waals surface area contributed by atoms with E-state index in [-0.39, 0.29) is 17.9 Å². The van der Waals surface area contributed by atoms with E-state index >= 15 is 0 Å². The highest BCUT2D eigenvalue weighted by Crippen LogP contribution is 2.28. The van der Waals surface area contributed by atoms with Crippen molar-refractivity contribution in [3.8, 4) is 10.8 Å². The van der Waals surface area contributed by atoms with Crippen molar-refractivity contribution in [1.29, 1.82) is 0 Å². The number of nitrogens with one attached hydrogen (secondary N) is 2. The summed E-state index contributed by atoms with van der Waals surface area (Å²) < 4.78 is 0. The van der Waals surface area contributed by atoms with Gasteiger partial charge in [0.25, 0.3) is 5.91 Å². The van der Waals surface area contributed by atoms with Crippen molar-refractivity contribution in [2.24, 2.45) is 0 Å². The first-order chi connectivity index (χ1) is 13.6. The van der Waals surface area contributed by atoms with Crippen molar-refractivity contribution in [2.45, 2.75) is 32.2 Å². The van der Waals surface area contributed by atoms with Crippen molar-refractivity contribution in [3.05, 3.63) is 58.9 Å². The number of aromatic nitrogens is 3. The Morgan fingerprint density at radius 1 is 1.25 bits per heavy atom. The summed E-state index contributed by atoms with van der Waals surface area (Å²) >= 11 is 1.27. The van der Waals surface area contributed by atoms with E-state index in [1.54, 1.807) is 25.4 Å². The van der Waals surface area contributed by atoms with Gasteiger partial charge in [-0.25, -0.2) is 15.0 Å². The van der Waals surface area contributed by atoms with E-state index in [9.17, 15) is 9.59 Å². The van der Waals surface area contributed by atoms with Crippen LogP contribution in [-0.2, 0) is 4.79 Å². The summed E-state index contributed by atoms with van der Waals surface area (Å²) in [6.45, 7) is 1.80. The van der Waals surface area contributed by atoms with Gasteiger partial charge >= 0.3 is 0 Å². The molecule has 142 valence electrons. The Morgan fingerprint density at radius 3 is 2.86 bits per heavy atom. The molecule has 0 saturated carbocycles. The van der Waals surface area contributed by atoms with Crippen LogP contribution in [0.3, 0.4) is 0 Å². The number of thiazole rings is 1. The predicted octanol–water partition coefficient (Wildman–Crippen LogP) is 3.50. The number of hydrogen-bond donors (Lipinski definition) is 2. The number of anilines is 1. The minimum atomic E-state index is -0.220. The third kappa shape index (κ3) is 3.91. The molecule has 1 unspecified atom stereocenters. The molecule has 1 aliphatic heterocycles. The number of carbonyl (C=O) groups is 2. The quantitative estimate of drug-likeness (QED) is 0.707. The van der Waals surface area contributed by atoms with Crippen molar-refractivity contribution in [2.75, 3.05) is 5.32 Å². The molecular formula is C20H19N5O2S. The van der Waals surface area contributed by atoms with Gasteiger partial charge in [-0.05, 0) is 43.5 Å². The van der Waals surface area contributed by atoms with Crippen molar-refractivity contribution in [1.82, 2.24) is 20.3 Å². The lowest BCUT2D eigenvalue weighted by Crippen LogP contribution is -2.32. The molecule has 28 heavy (non-hydrogen) atoms. The van der Waals surface area contributed by atoms with Crippen LogP contribution in [0.5, 0.6) is 0 Å². The van der Waals surface area contributed by atoms with E-state index in [2.05, 4.69) is 25.6 Å². The number of nitrogens with zero attached hydrogens (tertiary/aromatic N) is 3. The number of amides is 2. The van der Waals surface area contributed by atoms with Crippen LogP contribution in [-0.4, -0.2) is 26.8 Å². The highest BCUT2D eigenvalue weighted by molar-refractivity contribution is 7.17. The van der Waals surface area contributed by atoms with Gasteiger partial charge < -0.3 is 10.6 Å². The summed E-state index contributed by atoms with van der Waals surface area (Å²) in [7, 11) is 0. The van der Waals surface area contributed by atoms with E-state index in [4.69, 9.17) is 0 Å². The Labute approximate surface area is 166 Å². The molecular weight excluding hydrogens is 374 g/mol. The average molecular weight is 393 g/mol. The summed E-state index contributed by atoms with van der Waals surface area (Å²) in [4.78, 5) is 37.8. The second-order valence-corrected chi connectivity index (χ2v) is 7.60. The maximum absolute atomic E-state index is 12.8. The lowest BCUT2D eigenvalue weighted by Gasteiger charge is -2.24. The topological polar surface area (TPSA) is 96.9 Å². The van der Waals surface area contributed by atoms with E-state index in [0.29, 0.717) is 33.5 Å². The van der Waals surface area contributed by atoms with Gasteiger partial charge in [0.1, 0.15) is 4.88 Å². The normalized spacial score (nSPS) is 16.5. The third-order valence-electron chi connectivity index (χ3n) is 4.54. The Morgan fingerprint density at radius 2 is 2.07 bits per heavy atom. The van der Waals surface area contributed by atoms with Gasteiger partial charge in [0.2, 0.25) is 5.91 Å². The van der Waals surface area contributed by atoms with Crippen molar-refractivity contribution < 1.29 is 9.59 Å². The molecule has 2 amide bonds. The Balaban J connectivity index is 1.52. The molecule has 1 atom stereocenters. The van der Waals surface area contributed by atoms with Crippen LogP contribution in [0, 0.1) is 6.92 Å². The van der Waals surface area contributed by atoms with Crippen LogP contribution < -0.4 is 10.6 Å². The van der Waals surface area contributed by atoms with E-state index in [1.165, 1.54) is 11.3 Å². The van der Waals surface area contributed by atoms with Gasteiger partial charge in [-0.2, -0.15) is 0 Å². The second-order valence-electron chi connectivity index (χ2n) is 6.60. The van der Waals surface area contributed by atoms with Crippen molar-refractivity contribution >= 4 is 28.8 Å². The molecule has 8 heteroatoms. The van der Waals surface area contributed by atoms with Gasteiger partial charge in [-0.1, -0.05) is 12.1 Å². The van der Waals surface area contributed by atoms with Gasteiger partial charge in [0, 0.05) is 24.5 Å². The molecule has 1 saturated heterocycles. The maximum Gasteiger partial charge on any atom is 0.267 e. The molecule has 7 nitrogen and oxygen atoms in total. The molecule has 3 heterocycles. The molecule has 1 fully saturated rings. The number of carbonyl (C=O) groups excluding carboxylic acids is 2. The molecule has 0 aliphatic carbocycles. The zero-order valence-electron chi connectivity index (χ0n) is 15.3. The van der Waals surface area contributed by atoms with E-state index in [0.717, 1.165) is 18.4 Å². The third-order valence-corrected chi connectivity index (χ3v) is 5.69. The zero-order chi connectivity index (χ0) is 19.5. The Hall–Kier alpha value is -3.13. The Bertz CT molecular complexity index is 1020. The van der Waals surface area contributed by atoms with Crippen LogP contribution in [0.4, 0.5) is 5.69 Å². The molecule has 2 aromatic heterocycles. The van der Waals surface area contributed by atoms with Crippen LogP contribution >= 0.6 is 11.3 Å². The van der Waals surface area contributed by atoms with Gasteiger partial charge in [0.05, 0.1) is 11.7 Å². The monoisotopic (exact) mass is 393 g/mol. The van der Waals surface area contributed by atoms with Crippen LogP contribution in [0.25, 0.3) is 10.8 Å². The summed E-state index contributed by atoms with van der Waals surface area (Å²) in [5.74, 6) is 0.355. The predicted molar refractivity (Wildman–Crippen MR) is 107 cm³/mol. The summed E-state index contributed by atoms with van der Waals surface area (Å²) in [6, 6.07) is 9.32. The average Bonchev–Trinajstić information content (AvgIpc) is 3.11. The number of hydrogen-bond acceptors (Lipinski definition) is 6. The number of benzene rings is 1. The molecule has 1 aromatic carbocycles. The number of piperidine rings is 1. The van der Waals surface area contributed by atoms with E-state index in [1.807, 2.05) is 24.3 Å². The minimum Gasteiger partial charge on any atom is -0.349 e. The largest absolute Gasteiger partial charge is 0.349 e. The molecule has 0 spiro atoms. The fourth-order valence-corrected chi connectivity index (χ4v) is 4.10. The molecule has 0 bridgehead atoms. The first kappa shape index (κ1) is 18.2. The lowest BCUT2D eigenvalue weighted by atomic mass is 9.97. The van der Waals surface area contributed by atoms with Crippen LogP contribution in [0.2, 0.25) is 0 Å². The molecule has 0 radical (unpaired) electrons. The SMILES string of the molecule is Cc1nc(-c2ncccn2)sc1C(=O)Nc1cccc(C2CCCC(=O)N2)c1. The smallest absolute Gasteiger partial charge is 0.267 e. The molecule has 4 rings (SSSR count). The minimum absolute atomic E-state index is 0.00919. The van der Waals surface area contributed by atoms with Crippen LogP contribution in [0.1, 0.15) is 46.2 Å². The first-order valence-electron chi connectivity index (χ1n) is 9.05. The lowest BCUT2D eigenvalue weighted by molar-refractivity contribution is -0.123. The summed E-state index contributed by atoms with van der Waals surface area (Å²) in [5.41, 5.74) is 2.32. The maximum atomic E-state index is 12.8. The van der Waals surface area contributed by atoms with E-state index < -0.39 is 0 Å². The van der Waals surface area contributed by atoms with Crippen LogP contribution in [0.15, 0.2) is 42.7 Å². The number of aryl methyl sites for hydroxylation is 1. The summed E-state index contributed by atoms with van der Waals surface area (Å²) in [6.07, 6.45) is 5.64. The van der Waals surface area contributed by atoms with Gasteiger partial charge in [-0.3, -0.25) is 9.59 Å². The molecule has 2 N–H and O–H groups in total. The highest BCUT2D eigenvalue weighted by atomic mass is 32.1. The highest BCUT2D eigenvalue weighted by Gasteiger charge is 2.21. The fourth-order valence-electron chi connectivity index (χ4n) is 3.19. The first-order valence-corrected chi connectivity index (χ1v) is 9.87. The fraction of sp³-hybridized carbons (Fsp3) is 0.250. The second kappa shape index (κ2) is 7.85. The summed E-state index contributed by atoms with van der Waals surface area (Å²) in [5, 5.41) is 6.55. The molecule has 1 aliphatic rings. The number of rotatable bonds is 4. The van der Waals surface area contributed by atoms with Crippen molar-refractivity contribution in [3.63, 3.8) is 0 Å². The van der Waals surface area contributed by atoms with Gasteiger partial charge in [-0.15, -0.1) is 11.3 Å². The Kier molecular flexibility index (Phi) is 5.12. The molecule has 3 aromatic rings. The standard InChI is InChI=1S/C20H19N5O2S/c1-12-17(28-20(23-12)18-21-9-4-10-22-18)19(27)24-14-6-2-5-13(11-14)15-7-3-8-16(26)25-15/h2,4-6,9-11,15H,3,7-8H2,1H3,(H,24,27)(H,25,26).